The van der Waals surface area contributed by atoms with Crippen molar-refractivity contribution in [3.8, 4) is 23.0 Å². The van der Waals surface area contributed by atoms with E-state index in [1.165, 1.54) is 6.07 Å². The molecule has 3 aromatic heterocycles. The lowest BCUT2D eigenvalue weighted by molar-refractivity contribution is 0.0707. The fourth-order valence-electron chi connectivity index (χ4n) is 3.74. The van der Waals surface area contributed by atoms with E-state index in [0.717, 1.165) is 11.9 Å². The van der Waals surface area contributed by atoms with Crippen LogP contribution >= 0.6 is 11.9 Å². The summed E-state index contributed by atoms with van der Waals surface area (Å²) in [6.07, 6.45) is 0.320. The molecular weight excluding hydrogens is 476 g/mol. The van der Waals surface area contributed by atoms with Gasteiger partial charge >= 0.3 is 0 Å². The summed E-state index contributed by atoms with van der Waals surface area (Å²) in [4.78, 5) is 13.2. The van der Waals surface area contributed by atoms with Gasteiger partial charge < -0.3 is 19.5 Å². The Morgan fingerprint density at radius 2 is 2.09 bits per heavy atom. The number of aromatic amines is 1. The second-order valence-corrected chi connectivity index (χ2v) is 8.82. The number of aryl methyl sites for hydroxylation is 1. The molecule has 4 heterocycles. The number of H-pyrrole nitrogens is 1. The number of pyridine rings is 1. The van der Waals surface area contributed by atoms with Crippen LogP contribution in [-0.4, -0.2) is 57.6 Å². The van der Waals surface area contributed by atoms with Gasteiger partial charge in [0.25, 0.3) is 0 Å². The van der Waals surface area contributed by atoms with Crippen LogP contribution in [-0.2, 0) is 0 Å². The summed E-state index contributed by atoms with van der Waals surface area (Å²) >= 11 is 1.16. The summed E-state index contributed by atoms with van der Waals surface area (Å²) in [6.45, 7) is 2.69. The third kappa shape index (κ3) is 4.98. The van der Waals surface area contributed by atoms with Gasteiger partial charge in [0.1, 0.15) is 34.3 Å². The Hall–Kier alpha value is -3.51. The molecule has 2 atom stereocenters. The molecule has 1 aliphatic heterocycles. The molecule has 12 heteroatoms. The predicted octanol–water partition coefficient (Wildman–Crippen LogP) is 4.07. The van der Waals surface area contributed by atoms with Crippen LogP contribution in [0.2, 0.25) is 0 Å². The number of hydrogen-bond donors (Lipinski definition) is 3. The molecule has 1 aliphatic rings. The summed E-state index contributed by atoms with van der Waals surface area (Å²) in [5.74, 6) is 0.622. The number of nitrogens with zero attached hydrogens (tertiary/aromatic N) is 4. The van der Waals surface area contributed by atoms with Gasteiger partial charge in [0.05, 0.1) is 12.8 Å². The SMILES string of the molecule is COc1ccnc(SNc2ccc(-c3nc(OC4CCNCC4F)c4c(C)[nH]nc4n3)cc2F)c1. The number of anilines is 1. The number of piperidine rings is 1. The normalized spacial score (nSPS) is 17.9. The van der Waals surface area contributed by atoms with E-state index >= 15 is 0 Å². The fourth-order valence-corrected chi connectivity index (χ4v) is 4.40. The maximum atomic E-state index is 14.9. The van der Waals surface area contributed by atoms with Gasteiger partial charge in [-0.15, -0.1) is 0 Å². The van der Waals surface area contributed by atoms with Crippen LogP contribution in [0.15, 0.2) is 41.6 Å². The number of halogens is 2. The van der Waals surface area contributed by atoms with E-state index in [1.807, 2.05) is 6.92 Å². The number of fused-ring (bicyclic) bond motifs is 1. The zero-order chi connectivity index (χ0) is 24.4. The summed E-state index contributed by atoms with van der Waals surface area (Å²) < 4.78 is 43.5. The Balaban J connectivity index is 1.41. The molecule has 0 radical (unpaired) electrons. The Labute approximate surface area is 204 Å². The van der Waals surface area contributed by atoms with Gasteiger partial charge in [-0.1, -0.05) is 0 Å². The lowest BCUT2D eigenvalue weighted by Crippen LogP contribution is -2.44. The van der Waals surface area contributed by atoms with Crippen molar-refractivity contribution in [3.63, 3.8) is 0 Å². The zero-order valence-electron chi connectivity index (χ0n) is 19.0. The second-order valence-electron chi connectivity index (χ2n) is 8.00. The topological polar surface area (TPSA) is 110 Å². The quantitative estimate of drug-likeness (QED) is 0.324. The first-order chi connectivity index (χ1) is 17.0. The van der Waals surface area contributed by atoms with Crippen LogP contribution < -0.4 is 19.5 Å². The number of alkyl halides is 1. The standard InChI is InChI=1S/C23H23F2N7O2S/c1-12-20-22(31-30-12)28-21(29-23(20)34-18-6-7-26-11-16(18)25)13-3-4-17(15(24)9-13)32-35-19-10-14(33-2)5-8-27-19/h3-5,8-10,16,18,26,32H,6-7,11H2,1-2H3,(H,28,29,30,31). The molecule has 1 saturated heterocycles. The van der Waals surface area contributed by atoms with E-state index in [1.54, 1.807) is 37.6 Å². The van der Waals surface area contributed by atoms with E-state index in [4.69, 9.17) is 9.47 Å². The molecule has 0 aliphatic carbocycles. The zero-order valence-corrected chi connectivity index (χ0v) is 19.8. The summed E-state index contributed by atoms with van der Waals surface area (Å²) in [7, 11) is 1.57. The van der Waals surface area contributed by atoms with Crippen molar-refractivity contribution >= 4 is 28.7 Å². The first kappa shape index (κ1) is 23.2. The van der Waals surface area contributed by atoms with Gasteiger partial charge in [-0.2, -0.15) is 10.1 Å². The Kier molecular flexibility index (Phi) is 6.64. The van der Waals surface area contributed by atoms with Crippen molar-refractivity contribution in [2.75, 3.05) is 24.9 Å². The van der Waals surface area contributed by atoms with E-state index in [2.05, 4.69) is 35.2 Å². The van der Waals surface area contributed by atoms with E-state index in [9.17, 15) is 8.78 Å². The number of hydrogen-bond acceptors (Lipinski definition) is 9. The van der Waals surface area contributed by atoms with Gasteiger partial charge in [-0.3, -0.25) is 5.10 Å². The average Bonchev–Trinajstić information content (AvgIpc) is 3.25. The molecule has 4 aromatic rings. The third-order valence-electron chi connectivity index (χ3n) is 5.61. The van der Waals surface area contributed by atoms with Gasteiger partial charge in [-0.25, -0.2) is 18.7 Å². The molecule has 35 heavy (non-hydrogen) atoms. The summed E-state index contributed by atoms with van der Waals surface area (Å²) in [5.41, 5.74) is 1.78. The number of nitrogens with one attached hydrogen (secondary N) is 3. The number of benzene rings is 1. The van der Waals surface area contributed by atoms with Gasteiger partial charge in [-0.05, 0) is 44.2 Å². The van der Waals surface area contributed by atoms with Gasteiger partial charge in [0.2, 0.25) is 5.88 Å². The van der Waals surface area contributed by atoms with Crippen molar-refractivity contribution in [1.82, 2.24) is 30.5 Å². The molecular formula is C23H23F2N7O2S. The Morgan fingerprint density at radius 1 is 1.20 bits per heavy atom. The molecule has 3 N–H and O–H groups in total. The molecule has 1 fully saturated rings. The van der Waals surface area contributed by atoms with E-state index < -0.39 is 18.1 Å². The monoisotopic (exact) mass is 499 g/mol. The number of ether oxygens (including phenoxy) is 2. The smallest absolute Gasteiger partial charge is 0.229 e. The molecule has 9 nitrogen and oxygen atoms in total. The highest BCUT2D eigenvalue weighted by atomic mass is 32.2. The van der Waals surface area contributed by atoms with Crippen LogP contribution in [0.25, 0.3) is 22.4 Å². The average molecular weight is 500 g/mol. The first-order valence-corrected chi connectivity index (χ1v) is 11.8. The first-order valence-electron chi connectivity index (χ1n) is 11.0. The highest BCUT2D eigenvalue weighted by Gasteiger charge is 2.28. The van der Waals surface area contributed by atoms with Crippen LogP contribution in [0.5, 0.6) is 11.6 Å². The third-order valence-corrected chi connectivity index (χ3v) is 6.36. The minimum Gasteiger partial charge on any atom is -0.497 e. The van der Waals surface area contributed by atoms with Crippen molar-refractivity contribution in [1.29, 1.82) is 0 Å². The van der Waals surface area contributed by atoms with Crippen LogP contribution in [0.3, 0.4) is 0 Å². The molecule has 0 amide bonds. The van der Waals surface area contributed by atoms with Crippen molar-refractivity contribution < 1.29 is 18.3 Å². The van der Waals surface area contributed by atoms with E-state index in [-0.39, 0.29) is 23.9 Å². The maximum absolute atomic E-state index is 14.9. The van der Waals surface area contributed by atoms with E-state index in [0.29, 0.717) is 46.0 Å². The van der Waals surface area contributed by atoms with Gasteiger partial charge in [0.15, 0.2) is 11.5 Å². The minimum absolute atomic E-state index is 0.221. The molecule has 5 rings (SSSR count). The van der Waals surface area contributed by atoms with Crippen molar-refractivity contribution in [2.45, 2.75) is 30.6 Å². The summed E-state index contributed by atoms with van der Waals surface area (Å²) in [6, 6.07) is 8.08. The number of aromatic nitrogens is 5. The molecule has 182 valence electrons. The summed E-state index contributed by atoms with van der Waals surface area (Å²) in [5, 5.41) is 11.3. The van der Waals surface area contributed by atoms with Gasteiger partial charge in [0, 0.05) is 42.0 Å². The maximum Gasteiger partial charge on any atom is 0.229 e. The van der Waals surface area contributed by atoms with Crippen LogP contribution in [0.4, 0.5) is 14.5 Å². The largest absolute Gasteiger partial charge is 0.497 e. The van der Waals surface area contributed by atoms with Crippen LogP contribution in [0, 0.1) is 12.7 Å². The molecule has 1 aromatic carbocycles. The lowest BCUT2D eigenvalue weighted by atomic mass is 10.1. The number of methoxy groups -OCH3 is 1. The molecule has 0 bridgehead atoms. The predicted molar refractivity (Wildman–Crippen MR) is 129 cm³/mol. The second kappa shape index (κ2) is 10.0. The van der Waals surface area contributed by atoms with Crippen molar-refractivity contribution in [3.05, 3.63) is 48.0 Å². The number of rotatable bonds is 7. The lowest BCUT2D eigenvalue weighted by Gasteiger charge is -2.27. The molecule has 0 saturated carbocycles. The highest BCUT2D eigenvalue weighted by Crippen LogP contribution is 2.32. The molecule has 2 unspecified atom stereocenters. The van der Waals surface area contributed by atoms with Crippen molar-refractivity contribution in [2.24, 2.45) is 0 Å². The Bertz CT molecular complexity index is 1350. The minimum atomic E-state index is -1.16. The fraction of sp³-hybridized carbons (Fsp3) is 0.304. The molecule has 0 spiro atoms. The van der Waals surface area contributed by atoms with Crippen LogP contribution in [0.1, 0.15) is 12.1 Å². The highest BCUT2D eigenvalue weighted by molar-refractivity contribution is 8.00. The Morgan fingerprint density at radius 3 is 2.89 bits per heavy atom.